The Morgan fingerprint density at radius 1 is 0.591 bits per heavy atom. The molecule has 2 atom stereocenters. The van der Waals surface area contributed by atoms with Crippen molar-refractivity contribution in [2.75, 3.05) is 13.2 Å². The Labute approximate surface area is 266 Å². The molecule has 0 aromatic rings. The fourth-order valence-corrected chi connectivity index (χ4v) is 4.84. The van der Waals surface area contributed by atoms with E-state index in [0.29, 0.717) is 6.42 Å². The van der Waals surface area contributed by atoms with Crippen LogP contribution in [0.1, 0.15) is 162 Å². The first-order chi connectivity index (χ1) is 21.2. The summed E-state index contributed by atoms with van der Waals surface area (Å²) in [6, 6.07) is -1.08. The van der Waals surface area contributed by atoms with Crippen LogP contribution in [0.4, 0.5) is 0 Å². The largest absolute Gasteiger partial charge is 0.462 e. The van der Waals surface area contributed by atoms with Gasteiger partial charge in [-0.2, -0.15) is 0 Å². The first-order valence-corrected chi connectivity index (χ1v) is 17.3. The molecule has 44 heavy (non-hydrogen) atoms. The Morgan fingerprint density at radius 3 is 1.48 bits per heavy atom. The standard InChI is InChI=1S/C34H62N2O8/c1-4-6-8-10-12-14-16-18-20-22-32(39)42-26-29(27-43-34(41)30(36-28(3)37)24-25-31(35)38)44-33(40)23-21-19-17-15-13-11-9-7-5-2/h29-30H,4-27H2,1-3H3,(H2,35,38)(H,36,37)/t29?,30-/m0/s1. The van der Waals surface area contributed by atoms with Crippen LogP contribution in [-0.4, -0.2) is 55.1 Å². The molecular weight excluding hydrogens is 564 g/mol. The van der Waals surface area contributed by atoms with Gasteiger partial charge in [-0.25, -0.2) is 4.79 Å². The molecule has 0 aliphatic carbocycles. The van der Waals surface area contributed by atoms with Gasteiger partial charge in [0, 0.05) is 26.2 Å². The molecule has 0 heterocycles. The molecule has 0 aliphatic rings. The second kappa shape index (κ2) is 29.1. The lowest BCUT2D eigenvalue weighted by molar-refractivity contribution is -0.167. The summed E-state index contributed by atoms with van der Waals surface area (Å²) >= 11 is 0. The number of nitrogens with two attached hydrogens (primary N) is 1. The van der Waals surface area contributed by atoms with Gasteiger partial charge < -0.3 is 25.3 Å². The highest BCUT2D eigenvalue weighted by molar-refractivity contribution is 5.84. The maximum absolute atomic E-state index is 12.6. The number of rotatable bonds is 30. The van der Waals surface area contributed by atoms with E-state index in [-0.39, 0.29) is 38.9 Å². The van der Waals surface area contributed by atoms with Crippen molar-refractivity contribution in [2.45, 2.75) is 174 Å². The number of hydrogen-bond donors (Lipinski definition) is 2. The third-order valence-corrected chi connectivity index (χ3v) is 7.45. The Balaban J connectivity index is 4.71. The number of carbonyl (C=O) groups excluding carboxylic acids is 5. The minimum Gasteiger partial charge on any atom is -0.462 e. The third kappa shape index (κ3) is 26.9. The van der Waals surface area contributed by atoms with E-state index in [2.05, 4.69) is 19.2 Å². The van der Waals surface area contributed by atoms with Crippen LogP contribution in [0.15, 0.2) is 0 Å². The van der Waals surface area contributed by atoms with Gasteiger partial charge in [0.1, 0.15) is 19.3 Å². The van der Waals surface area contributed by atoms with E-state index in [9.17, 15) is 24.0 Å². The molecule has 256 valence electrons. The molecule has 0 saturated carbocycles. The highest BCUT2D eigenvalue weighted by atomic mass is 16.6. The van der Waals surface area contributed by atoms with Crippen LogP contribution < -0.4 is 11.1 Å². The van der Waals surface area contributed by atoms with Gasteiger partial charge in [0.05, 0.1) is 0 Å². The van der Waals surface area contributed by atoms with Crippen molar-refractivity contribution in [1.82, 2.24) is 5.32 Å². The summed E-state index contributed by atoms with van der Waals surface area (Å²) in [4.78, 5) is 60.2. The average molecular weight is 627 g/mol. The van der Waals surface area contributed by atoms with Gasteiger partial charge >= 0.3 is 17.9 Å². The second-order valence-corrected chi connectivity index (χ2v) is 11.8. The first-order valence-electron chi connectivity index (χ1n) is 17.3. The molecule has 2 amide bonds. The summed E-state index contributed by atoms with van der Waals surface area (Å²) in [6.07, 6.45) is 19.6. The molecule has 0 bridgehead atoms. The lowest BCUT2D eigenvalue weighted by Crippen LogP contribution is -2.42. The number of carbonyl (C=O) groups is 5. The van der Waals surface area contributed by atoms with Gasteiger partial charge in [0.15, 0.2) is 6.10 Å². The number of amides is 2. The second-order valence-electron chi connectivity index (χ2n) is 11.8. The van der Waals surface area contributed by atoms with Crippen LogP contribution in [0.3, 0.4) is 0 Å². The lowest BCUT2D eigenvalue weighted by Gasteiger charge is -2.21. The molecule has 10 nitrogen and oxygen atoms in total. The van der Waals surface area contributed by atoms with Gasteiger partial charge in [-0.3, -0.25) is 19.2 Å². The highest BCUT2D eigenvalue weighted by Crippen LogP contribution is 2.13. The molecule has 0 saturated heterocycles. The van der Waals surface area contributed by atoms with E-state index in [1.807, 2.05) is 0 Å². The third-order valence-electron chi connectivity index (χ3n) is 7.45. The maximum atomic E-state index is 12.6. The minimum atomic E-state index is -1.08. The molecule has 0 radical (unpaired) electrons. The van der Waals surface area contributed by atoms with Crippen molar-refractivity contribution in [2.24, 2.45) is 5.73 Å². The molecular formula is C34H62N2O8. The van der Waals surface area contributed by atoms with Crippen LogP contribution in [0.5, 0.6) is 0 Å². The van der Waals surface area contributed by atoms with Gasteiger partial charge in [-0.15, -0.1) is 0 Å². The van der Waals surface area contributed by atoms with Gasteiger partial charge in [-0.1, -0.05) is 117 Å². The summed E-state index contributed by atoms with van der Waals surface area (Å²) < 4.78 is 16.2. The predicted molar refractivity (Wildman–Crippen MR) is 172 cm³/mol. The van der Waals surface area contributed by atoms with E-state index in [0.717, 1.165) is 38.5 Å². The molecule has 0 aromatic heterocycles. The van der Waals surface area contributed by atoms with Crippen molar-refractivity contribution in [1.29, 1.82) is 0 Å². The number of hydrogen-bond acceptors (Lipinski definition) is 8. The fourth-order valence-electron chi connectivity index (χ4n) is 4.84. The molecule has 10 heteroatoms. The summed E-state index contributed by atoms with van der Waals surface area (Å²) in [5, 5.41) is 2.44. The normalized spacial score (nSPS) is 12.2. The molecule has 0 spiro atoms. The van der Waals surface area contributed by atoms with Crippen LogP contribution in [0.25, 0.3) is 0 Å². The SMILES string of the molecule is CCCCCCCCCCCC(=O)OCC(COC(=O)[C@H](CCC(N)=O)NC(C)=O)OC(=O)CCCCCCCCCCC. The summed E-state index contributed by atoms with van der Waals surface area (Å²) in [7, 11) is 0. The quantitative estimate of drug-likeness (QED) is 0.0514. The van der Waals surface area contributed by atoms with Crippen molar-refractivity contribution in [3.8, 4) is 0 Å². The zero-order valence-corrected chi connectivity index (χ0v) is 28.0. The zero-order valence-electron chi connectivity index (χ0n) is 28.0. The number of ether oxygens (including phenoxy) is 3. The monoisotopic (exact) mass is 626 g/mol. The highest BCUT2D eigenvalue weighted by Gasteiger charge is 2.25. The first kappa shape index (κ1) is 41.4. The average Bonchev–Trinajstić information content (AvgIpc) is 2.98. The van der Waals surface area contributed by atoms with E-state index in [1.54, 1.807) is 0 Å². The number of primary amides is 1. The van der Waals surface area contributed by atoms with Crippen LogP contribution in [0, 0.1) is 0 Å². The number of unbranched alkanes of at least 4 members (excludes halogenated alkanes) is 16. The topological polar surface area (TPSA) is 151 Å². The molecule has 3 N–H and O–H groups in total. The molecule has 0 rings (SSSR count). The van der Waals surface area contributed by atoms with E-state index in [1.165, 1.54) is 77.6 Å². The van der Waals surface area contributed by atoms with Crippen LogP contribution in [-0.2, 0) is 38.2 Å². The molecule has 0 aromatic carbocycles. The Kier molecular flexibility index (Phi) is 27.3. The molecule has 0 fully saturated rings. The van der Waals surface area contributed by atoms with Crippen LogP contribution in [0.2, 0.25) is 0 Å². The maximum Gasteiger partial charge on any atom is 0.328 e. The fraction of sp³-hybridized carbons (Fsp3) is 0.853. The Morgan fingerprint density at radius 2 is 1.02 bits per heavy atom. The minimum absolute atomic E-state index is 0.0233. The Bertz CT molecular complexity index is 789. The molecule has 1 unspecified atom stereocenters. The van der Waals surface area contributed by atoms with Gasteiger partial charge in [-0.05, 0) is 19.3 Å². The lowest BCUT2D eigenvalue weighted by atomic mass is 10.1. The van der Waals surface area contributed by atoms with Gasteiger partial charge in [0.2, 0.25) is 11.8 Å². The number of esters is 3. The smallest absolute Gasteiger partial charge is 0.328 e. The van der Waals surface area contributed by atoms with Crippen molar-refractivity contribution in [3.63, 3.8) is 0 Å². The van der Waals surface area contributed by atoms with Crippen molar-refractivity contribution < 1.29 is 38.2 Å². The summed E-state index contributed by atoms with van der Waals surface area (Å²) in [5.41, 5.74) is 5.18. The predicted octanol–water partition coefficient (Wildman–Crippen LogP) is 6.60. The summed E-state index contributed by atoms with van der Waals surface area (Å²) in [6.45, 7) is 5.06. The summed E-state index contributed by atoms with van der Waals surface area (Å²) in [5.74, 6) is -2.71. The van der Waals surface area contributed by atoms with Crippen molar-refractivity contribution in [3.05, 3.63) is 0 Å². The molecule has 0 aliphatic heterocycles. The van der Waals surface area contributed by atoms with Gasteiger partial charge in [0.25, 0.3) is 0 Å². The zero-order chi connectivity index (χ0) is 32.8. The Hall–Kier alpha value is -2.65. The van der Waals surface area contributed by atoms with E-state index >= 15 is 0 Å². The van der Waals surface area contributed by atoms with E-state index < -0.39 is 41.9 Å². The van der Waals surface area contributed by atoms with Crippen molar-refractivity contribution >= 4 is 29.7 Å². The van der Waals surface area contributed by atoms with E-state index in [4.69, 9.17) is 19.9 Å². The van der Waals surface area contributed by atoms with Crippen LogP contribution >= 0.6 is 0 Å². The number of nitrogens with one attached hydrogen (secondary N) is 1.